The number of fused-ring (bicyclic) bond motifs is 2. The Morgan fingerprint density at radius 2 is 1.62 bits per heavy atom. The third-order valence-corrected chi connectivity index (χ3v) is 5.50. The minimum absolute atomic E-state index is 0.202. The lowest BCUT2D eigenvalue weighted by Crippen LogP contribution is -2.37. The first-order chi connectivity index (χ1) is 16.3. The van der Waals surface area contributed by atoms with Crippen LogP contribution >= 0.6 is 0 Å². The summed E-state index contributed by atoms with van der Waals surface area (Å²) >= 11 is 0. The quantitative estimate of drug-likeness (QED) is 0.369. The van der Waals surface area contributed by atoms with E-state index in [2.05, 4.69) is 5.32 Å². The molecule has 2 heterocycles. The lowest BCUT2D eigenvalue weighted by atomic mass is 10.0. The molecule has 0 aromatic carbocycles. The highest BCUT2D eigenvalue weighted by Gasteiger charge is 2.38. The van der Waals surface area contributed by atoms with Crippen LogP contribution in [0.3, 0.4) is 0 Å². The van der Waals surface area contributed by atoms with Gasteiger partial charge in [0.1, 0.15) is 12.2 Å². The average molecular weight is 472 g/mol. The number of amides is 1. The van der Waals surface area contributed by atoms with Gasteiger partial charge in [0.25, 0.3) is 0 Å². The van der Waals surface area contributed by atoms with E-state index < -0.39 is 36.6 Å². The fourth-order valence-electron chi connectivity index (χ4n) is 3.63. The third kappa shape index (κ3) is 10.2. The number of hydrogen-bond donors (Lipinski definition) is 5. The van der Waals surface area contributed by atoms with E-state index >= 15 is 0 Å². The second kappa shape index (κ2) is 14.7. The average Bonchev–Trinajstić information content (AvgIpc) is 3.15. The molecule has 34 heavy (non-hydrogen) atoms. The summed E-state index contributed by atoms with van der Waals surface area (Å²) in [5.74, 6) is -0.257. The van der Waals surface area contributed by atoms with Gasteiger partial charge >= 0.3 is 0 Å². The summed E-state index contributed by atoms with van der Waals surface area (Å²) < 4.78 is 5.75. The number of rotatable bonds is 0. The van der Waals surface area contributed by atoms with Crippen molar-refractivity contribution in [1.29, 1.82) is 0 Å². The van der Waals surface area contributed by atoms with E-state index in [0.717, 1.165) is 5.57 Å². The Labute approximate surface area is 201 Å². The van der Waals surface area contributed by atoms with Gasteiger partial charge in [0.2, 0.25) is 5.91 Å². The number of aliphatic hydroxyl groups excluding tert-OH is 4. The molecule has 0 aromatic heterocycles. The second-order valence-corrected chi connectivity index (χ2v) is 8.66. The largest absolute Gasteiger partial charge is 0.390 e. The summed E-state index contributed by atoms with van der Waals surface area (Å²) in [4.78, 5) is 12.0. The summed E-state index contributed by atoms with van der Waals surface area (Å²) in [6.45, 7) is 3.75. The van der Waals surface area contributed by atoms with Crippen LogP contribution in [0.5, 0.6) is 0 Å². The first kappa shape index (κ1) is 27.7. The van der Waals surface area contributed by atoms with Crippen LogP contribution < -0.4 is 5.32 Å². The van der Waals surface area contributed by atoms with Crippen molar-refractivity contribution in [3.05, 3.63) is 84.6 Å². The number of ether oxygens (including phenoxy) is 1. The molecular formula is C27H37NO6. The first-order valence-electron chi connectivity index (χ1n) is 11.6. The highest BCUT2D eigenvalue weighted by Crippen LogP contribution is 2.26. The Balaban J connectivity index is 2.11. The molecule has 1 fully saturated rings. The molecule has 2 bridgehead atoms. The number of hydrogen-bond acceptors (Lipinski definition) is 6. The second-order valence-electron chi connectivity index (χ2n) is 8.66. The topological polar surface area (TPSA) is 119 Å². The molecule has 2 rings (SSSR count). The Hall–Kier alpha value is -2.55. The van der Waals surface area contributed by atoms with Gasteiger partial charge in [-0.05, 0) is 26.7 Å². The van der Waals surface area contributed by atoms with Crippen molar-refractivity contribution in [2.75, 3.05) is 0 Å². The number of aliphatic hydroxyl groups is 4. The minimum atomic E-state index is -1.12. The van der Waals surface area contributed by atoms with Gasteiger partial charge in [-0.1, -0.05) is 78.5 Å². The van der Waals surface area contributed by atoms with Crippen molar-refractivity contribution in [3.63, 3.8) is 0 Å². The normalized spacial score (nSPS) is 34.4. The maximum Gasteiger partial charge on any atom is 0.244 e. The van der Waals surface area contributed by atoms with Gasteiger partial charge in [0, 0.05) is 18.5 Å². The molecule has 7 heteroatoms. The zero-order valence-electron chi connectivity index (χ0n) is 19.8. The number of carbonyl (C=O) groups is 1. The van der Waals surface area contributed by atoms with Crippen LogP contribution in [0.2, 0.25) is 0 Å². The van der Waals surface area contributed by atoms with Crippen LogP contribution in [-0.2, 0) is 9.53 Å². The molecule has 186 valence electrons. The molecule has 0 radical (unpaired) electrons. The van der Waals surface area contributed by atoms with Gasteiger partial charge < -0.3 is 30.5 Å². The number of nitrogens with one attached hydrogen (secondary N) is 1. The molecular weight excluding hydrogens is 434 g/mol. The van der Waals surface area contributed by atoms with E-state index in [-0.39, 0.29) is 24.8 Å². The van der Waals surface area contributed by atoms with Crippen LogP contribution in [0.15, 0.2) is 84.6 Å². The summed E-state index contributed by atoms with van der Waals surface area (Å²) in [5.41, 5.74) is 0.952. The van der Waals surface area contributed by atoms with Crippen LogP contribution in [-0.4, -0.2) is 69.0 Å². The molecule has 7 atom stereocenters. The Kier molecular flexibility index (Phi) is 11.9. The lowest BCUT2D eigenvalue weighted by molar-refractivity contribution is -0.117. The van der Waals surface area contributed by atoms with Crippen LogP contribution in [0.4, 0.5) is 0 Å². The predicted octanol–water partition coefficient (Wildman–Crippen LogP) is 2.17. The Morgan fingerprint density at radius 3 is 2.41 bits per heavy atom. The van der Waals surface area contributed by atoms with Gasteiger partial charge in [-0.3, -0.25) is 4.79 Å². The molecule has 5 N–H and O–H groups in total. The van der Waals surface area contributed by atoms with E-state index in [4.69, 9.17) is 4.74 Å². The van der Waals surface area contributed by atoms with Crippen molar-refractivity contribution in [2.45, 2.75) is 75.8 Å². The zero-order chi connectivity index (χ0) is 24.9. The molecule has 1 amide bonds. The van der Waals surface area contributed by atoms with Crippen LogP contribution in [0.25, 0.3) is 0 Å². The monoisotopic (exact) mass is 471 g/mol. The summed E-state index contributed by atoms with van der Waals surface area (Å²) in [7, 11) is 0. The Morgan fingerprint density at radius 1 is 0.882 bits per heavy atom. The van der Waals surface area contributed by atoms with Crippen LogP contribution in [0, 0.1) is 0 Å². The molecule has 0 saturated carbocycles. The number of carbonyl (C=O) groups excluding carboxylic acids is 1. The number of allylic oxidation sites excluding steroid dienone is 10. The van der Waals surface area contributed by atoms with Gasteiger partial charge in [-0.25, -0.2) is 0 Å². The molecule has 0 aliphatic carbocycles. The van der Waals surface area contributed by atoms with E-state index in [9.17, 15) is 25.2 Å². The molecule has 1 saturated heterocycles. The van der Waals surface area contributed by atoms with E-state index in [1.54, 1.807) is 54.7 Å². The van der Waals surface area contributed by atoms with Crippen molar-refractivity contribution < 1.29 is 30.0 Å². The Bertz CT molecular complexity index is 853. The first-order valence-corrected chi connectivity index (χ1v) is 11.6. The van der Waals surface area contributed by atoms with Crippen molar-refractivity contribution in [2.24, 2.45) is 0 Å². The van der Waals surface area contributed by atoms with E-state index in [0.29, 0.717) is 6.42 Å². The maximum atomic E-state index is 12.0. The van der Waals surface area contributed by atoms with Crippen molar-refractivity contribution in [1.82, 2.24) is 5.32 Å². The predicted molar refractivity (Wildman–Crippen MR) is 133 cm³/mol. The summed E-state index contributed by atoms with van der Waals surface area (Å²) in [6, 6.07) is -0.202. The molecule has 7 unspecified atom stereocenters. The highest BCUT2D eigenvalue weighted by molar-refractivity contribution is 5.87. The van der Waals surface area contributed by atoms with Gasteiger partial charge in [0.15, 0.2) is 0 Å². The highest BCUT2D eigenvalue weighted by atomic mass is 16.5. The summed E-state index contributed by atoms with van der Waals surface area (Å²) in [6.07, 6.45) is 18.3. The fourth-order valence-corrected chi connectivity index (χ4v) is 3.63. The van der Waals surface area contributed by atoms with Gasteiger partial charge in [-0.15, -0.1) is 0 Å². The van der Waals surface area contributed by atoms with E-state index in [1.165, 1.54) is 6.08 Å². The molecule has 0 spiro atoms. The summed E-state index contributed by atoms with van der Waals surface area (Å²) in [5, 5.41) is 43.9. The van der Waals surface area contributed by atoms with Crippen molar-refractivity contribution >= 4 is 5.91 Å². The molecule has 0 aromatic rings. The standard InChI is InChI=1S/C27H37NO6/c1-19-11-8-9-13-21(29)17-20(2)28-26(32)16-7-5-3-4-6-14-22(30)27(33)25-18-23(31)24(34-25)15-10-12-19/h3-13,15-16,20-25,27,29-31,33H,14,17-18H2,1-2H3,(H,28,32). The van der Waals surface area contributed by atoms with Crippen LogP contribution in [0.1, 0.15) is 33.1 Å². The smallest absolute Gasteiger partial charge is 0.244 e. The third-order valence-electron chi connectivity index (χ3n) is 5.50. The molecule has 7 nitrogen and oxygen atoms in total. The van der Waals surface area contributed by atoms with Gasteiger partial charge in [-0.2, -0.15) is 0 Å². The minimum Gasteiger partial charge on any atom is -0.390 e. The van der Waals surface area contributed by atoms with E-state index in [1.807, 2.05) is 32.1 Å². The maximum absolute atomic E-state index is 12.0. The fraction of sp³-hybridized carbons (Fsp3) is 0.444. The molecule has 2 aliphatic heterocycles. The van der Waals surface area contributed by atoms with Crippen molar-refractivity contribution in [3.8, 4) is 0 Å². The van der Waals surface area contributed by atoms with Gasteiger partial charge in [0.05, 0.1) is 24.4 Å². The molecule has 2 aliphatic rings. The lowest BCUT2D eigenvalue weighted by Gasteiger charge is -2.22. The SMILES string of the molecule is CC1=CC=CC2OC(CC2O)C(O)C(O)CC=CC=CC=CC(=O)NC(C)CC(O)C=CC=C1. The zero-order valence-corrected chi connectivity index (χ0v) is 19.8.